The van der Waals surface area contributed by atoms with E-state index in [1.807, 2.05) is 0 Å². The van der Waals surface area contributed by atoms with Crippen LogP contribution >= 0.6 is 0 Å². The zero-order chi connectivity index (χ0) is 13.4. The Morgan fingerprint density at radius 3 is 2.33 bits per heavy atom. The number of alkyl halides is 3. The smallest absolute Gasteiger partial charge is 0.416 e. The van der Waals surface area contributed by atoms with Gasteiger partial charge in [0.15, 0.2) is 0 Å². The molecule has 1 saturated carbocycles. The third kappa shape index (κ3) is 2.19. The van der Waals surface area contributed by atoms with E-state index in [2.05, 4.69) is 0 Å². The van der Waals surface area contributed by atoms with Crippen LogP contribution in [0, 0.1) is 0 Å². The van der Waals surface area contributed by atoms with Crippen LogP contribution in [0.4, 0.5) is 13.2 Å². The Bertz CT molecular complexity index is 436. The molecule has 0 atom stereocenters. The number of hydrogen-bond donors (Lipinski definition) is 1. The van der Waals surface area contributed by atoms with Crippen LogP contribution in [-0.4, -0.2) is 7.11 Å². The Morgan fingerprint density at radius 1 is 1.22 bits per heavy atom. The van der Waals surface area contributed by atoms with Crippen molar-refractivity contribution >= 4 is 0 Å². The summed E-state index contributed by atoms with van der Waals surface area (Å²) in [4.78, 5) is 0. The Kier molecular flexibility index (Phi) is 3.27. The molecule has 100 valence electrons. The van der Waals surface area contributed by atoms with Gasteiger partial charge in [-0.1, -0.05) is 18.9 Å². The normalized spacial score (nSPS) is 18.9. The van der Waals surface area contributed by atoms with E-state index in [0.29, 0.717) is 12.8 Å². The van der Waals surface area contributed by atoms with Gasteiger partial charge in [0.2, 0.25) is 0 Å². The predicted molar refractivity (Wildman–Crippen MR) is 62.3 cm³/mol. The van der Waals surface area contributed by atoms with Gasteiger partial charge in [-0.2, -0.15) is 13.2 Å². The minimum absolute atomic E-state index is 0.109. The van der Waals surface area contributed by atoms with Crippen LogP contribution in [-0.2, 0) is 11.7 Å². The van der Waals surface area contributed by atoms with Crippen molar-refractivity contribution in [3.8, 4) is 5.75 Å². The summed E-state index contributed by atoms with van der Waals surface area (Å²) >= 11 is 0. The highest BCUT2D eigenvalue weighted by molar-refractivity contribution is 5.47. The van der Waals surface area contributed by atoms with Crippen LogP contribution in [0.25, 0.3) is 0 Å². The van der Waals surface area contributed by atoms with Gasteiger partial charge in [0.05, 0.1) is 12.7 Å². The van der Waals surface area contributed by atoms with E-state index in [9.17, 15) is 13.2 Å². The number of nitrogens with two attached hydrogens (primary N) is 1. The minimum Gasteiger partial charge on any atom is -0.496 e. The number of ether oxygens (including phenoxy) is 1. The Morgan fingerprint density at radius 2 is 1.83 bits per heavy atom. The van der Waals surface area contributed by atoms with Crippen molar-refractivity contribution in [2.75, 3.05) is 7.11 Å². The molecule has 2 rings (SSSR count). The van der Waals surface area contributed by atoms with E-state index in [4.69, 9.17) is 10.5 Å². The van der Waals surface area contributed by atoms with Crippen LogP contribution < -0.4 is 10.5 Å². The van der Waals surface area contributed by atoms with E-state index in [1.54, 1.807) is 0 Å². The fraction of sp³-hybridized carbons (Fsp3) is 0.538. The molecule has 1 aliphatic carbocycles. The zero-order valence-electron chi connectivity index (χ0n) is 10.2. The molecule has 0 amide bonds. The van der Waals surface area contributed by atoms with Crippen LogP contribution in [0.1, 0.15) is 36.8 Å². The molecule has 0 aromatic heterocycles. The predicted octanol–water partition coefficient (Wildman–Crippen LogP) is 3.44. The second kappa shape index (κ2) is 4.46. The summed E-state index contributed by atoms with van der Waals surface area (Å²) in [7, 11) is 1.37. The number of methoxy groups -OCH3 is 1. The molecule has 0 heterocycles. The molecule has 0 unspecified atom stereocenters. The molecule has 1 aromatic carbocycles. The van der Waals surface area contributed by atoms with Crippen LogP contribution in [0.5, 0.6) is 5.75 Å². The van der Waals surface area contributed by atoms with Gasteiger partial charge in [-0.3, -0.25) is 0 Å². The Balaban J connectivity index is 2.62. The molecule has 5 heteroatoms. The fourth-order valence-corrected chi connectivity index (χ4v) is 2.71. The van der Waals surface area contributed by atoms with Crippen molar-refractivity contribution in [3.63, 3.8) is 0 Å². The topological polar surface area (TPSA) is 35.2 Å². The van der Waals surface area contributed by atoms with E-state index in [0.717, 1.165) is 18.9 Å². The number of rotatable bonds is 2. The molecule has 0 saturated heterocycles. The average molecular weight is 259 g/mol. The summed E-state index contributed by atoms with van der Waals surface area (Å²) in [6.45, 7) is 0. The van der Waals surface area contributed by atoms with Crippen molar-refractivity contribution in [1.82, 2.24) is 0 Å². The molecule has 1 fully saturated rings. The third-order valence-corrected chi connectivity index (χ3v) is 3.55. The molecule has 2 N–H and O–H groups in total. The maximum atomic E-state index is 13.1. The molecule has 1 aromatic rings. The fourth-order valence-electron chi connectivity index (χ4n) is 2.71. The summed E-state index contributed by atoms with van der Waals surface area (Å²) < 4.78 is 44.3. The molecule has 0 radical (unpaired) electrons. The molecule has 0 spiro atoms. The SMILES string of the molecule is COc1cccc(C(F)(F)F)c1C1(N)CCCC1. The van der Waals surface area contributed by atoms with Gasteiger partial charge in [0.25, 0.3) is 0 Å². The summed E-state index contributed by atoms with van der Waals surface area (Å²) in [6, 6.07) is 3.96. The third-order valence-electron chi connectivity index (χ3n) is 3.55. The molecule has 0 aliphatic heterocycles. The maximum absolute atomic E-state index is 13.1. The molecular weight excluding hydrogens is 243 g/mol. The van der Waals surface area contributed by atoms with E-state index in [1.165, 1.54) is 19.2 Å². The summed E-state index contributed by atoms with van der Waals surface area (Å²) in [5.41, 5.74) is 4.69. The lowest BCUT2D eigenvalue weighted by atomic mass is 9.85. The molecule has 0 bridgehead atoms. The lowest BCUT2D eigenvalue weighted by Gasteiger charge is -2.29. The van der Waals surface area contributed by atoms with Crippen LogP contribution in [0.2, 0.25) is 0 Å². The van der Waals surface area contributed by atoms with Gasteiger partial charge in [-0.15, -0.1) is 0 Å². The monoisotopic (exact) mass is 259 g/mol. The van der Waals surface area contributed by atoms with Gasteiger partial charge in [-0.25, -0.2) is 0 Å². The molecule has 18 heavy (non-hydrogen) atoms. The minimum atomic E-state index is -4.40. The van der Waals surface area contributed by atoms with Crippen LogP contribution in [0.3, 0.4) is 0 Å². The van der Waals surface area contributed by atoms with Gasteiger partial charge in [0, 0.05) is 11.1 Å². The second-order valence-electron chi connectivity index (χ2n) is 4.74. The van der Waals surface area contributed by atoms with Crippen molar-refractivity contribution in [1.29, 1.82) is 0 Å². The lowest BCUT2D eigenvalue weighted by Crippen LogP contribution is -2.36. The van der Waals surface area contributed by atoms with Crippen molar-refractivity contribution in [2.24, 2.45) is 5.73 Å². The Hall–Kier alpha value is -1.23. The van der Waals surface area contributed by atoms with Gasteiger partial charge >= 0.3 is 6.18 Å². The van der Waals surface area contributed by atoms with Crippen LogP contribution in [0.15, 0.2) is 18.2 Å². The Labute approximate surface area is 104 Å². The largest absolute Gasteiger partial charge is 0.496 e. The molecule has 2 nitrogen and oxygen atoms in total. The summed E-state index contributed by atoms with van der Waals surface area (Å²) in [5, 5.41) is 0. The summed E-state index contributed by atoms with van der Waals surface area (Å²) in [5.74, 6) is 0.231. The average Bonchev–Trinajstić information content (AvgIpc) is 2.75. The zero-order valence-corrected chi connectivity index (χ0v) is 10.2. The van der Waals surface area contributed by atoms with Gasteiger partial charge < -0.3 is 10.5 Å². The number of hydrogen-bond acceptors (Lipinski definition) is 2. The number of halogens is 3. The summed E-state index contributed by atoms with van der Waals surface area (Å²) in [6.07, 6.45) is -1.57. The quantitative estimate of drug-likeness (QED) is 0.883. The van der Waals surface area contributed by atoms with Crippen molar-refractivity contribution < 1.29 is 17.9 Å². The van der Waals surface area contributed by atoms with Gasteiger partial charge in [-0.05, 0) is 25.0 Å². The number of benzene rings is 1. The van der Waals surface area contributed by atoms with Crippen molar-refractivity contribution in [2.45, 2.75) is 37.4 Å². The standard InChI is InChI=1S/C13H16F3NO/c1-18-10-6-4-5-9(13(14,15)16)11(10)12(17)7-2-3-8-12/h4-6H,2-3,7-8,17H2,1H3. The highest BCUT2D eigenvalue weighted by Gasteiger charge is 2.43. The maximum Gasteiger partial charge on any atom is 0.416 e. The molecular formula is C13H16F3NO. The first-order valence-electron chi connectivity index (χ1n) is 5.92. The van der Waals surface area contributed by atoms with E-state index in [-0.39, 0.29) is 11.3 Å². The first-order valence-corrected chi connectivity index (χ1v) is 5.92. The van der Waals surface area contributed by atoms with E-state index >= 15 is 0 Å². The first-order chi connectivity index (χ1) is 8.38. The lowest BCUT2D eigenvalue weighted by molar-refractivity contribution is -0.139. The first kappa shape index (κ1) is 13.2. The highest BCUT2D eigenvalue weighted by Crippen LogP contribution is 2.46. The highest BCUT2D eigenvalue weighted by atomic mass is 19.4. The van der Waals surface area contributed by atoms with E-state index < -0.39 is 17.3 Å². The van der Waals surface area contributed by atoms with Crippen molar-refractivity contribution in [3.05, 3.63) is 29.3 Å². The molecule has 1 aliphatic rings. The van der Waals surface area contributed by atoms with Gasteiger partial charge in [0.1, 0.15) is 5.75 Å². The second-order valence-corrected chi connectivity index (χ2v) is 4.74.